The van der Waals surface area contributed by atoms with E-state index >= 15 is 0 Å². The lowest BCUT2D eigenvalue weighted by molar-refractivity contribution is -0.143. The van der Waals surface area contributed by atoms with Crippen LogP contribution >= 0.6 is 0 Å². The van der Waals surface area contributed by atoms with Crippen LogP contribution in [0.15, 0.2) is 47.6 Å². The maximum atomic E-state index is 13.1. The molecule has 0 saturated carbocycles. The first kappa shape index (κ1) is 18.9. The molecule has 0 atom stereocenters. The molecule has 2 aromatic rings. The summed E-state index contributed by atoms with van der Waals surface area (Å²) in [6.45, 7) is -0.0388. The summed E-state index contributed by atoms with van der Waals surface area (Å²) in [7, 11) is 0. The van der Waals surface area contributed by atoms with E-state index in [2.05, 4.69) is 10.5 Å². The van der Waals surface area contributed by atoms with Gasteiger partial charge in [0.25, 0.3) is 0 Å². The lowest BCUT2D eigenvalue weighted by atomic mass is 10.1. The zero-order valence-corrected chi connectivity index (χ0v) is 13.7. The van der Waals surface area contributed by atoms with E-state index in [1.54, 1.807) is 24.3 Å². The lowest BCUT2D eigenvalue weighted by Gasteiger charge is -2.22. The number of amidine groups is 1. The summed E-state index contributed by atoms with van der Waals surface area (Å²) in [4.78, 5) is 1.28. The van der Waals surface area contributed by atoms with Crippen LogP contribution in [0.4, 0.5) is 37.7 Å². The van der Waals surface area contributed by atoms with Gasteiger partial charge in [-0.3, -0.25) is 5.43 Å². The van der Waals surface area contributed by atoms with Gasteiger partial charge in [0.15, 0.2) is 0 Å². The molecule has 0 fully saturated rings. The highest BCUT2D eigenvalue weighted by Crippen LogP contribution is 2.38. The van der Waals surface area contributed by atoms with Gasteiger partial charge in [-0.1, -0.05) is 12.1 Å². The number of nitrogens with two attached hydrogens (primary N) is 1. The standard InChI is InChI=1S/C17H14F6N4/c18-16(19,20)11-6-12(17(21,22)23)8-14(7-11)27-9-25-26-15(27)5-10-1-3-13(24)4-2-10/h1-4,6-8,25H,5,9,24H2. The molecular weight excluding hydrogens is 374 g/mol. The molecule has 0 saturated heterocycles. The van der Waals surface area contributed by atoms with Gasteiger partial charge in [-0.15, -0.1) is 0 Å². The van der Waals surface area contributed by atoms with Gasteiger partial charge in [0, 0.05) is 17.8 Å². The SMILES string of the molecule is Nc1ccc(CC2=NNCN2c2cc(C(F)(F)F)cc(C(F)(F)F)c2)cc1. The summed E-state index contributed by atoms with van der Waals surface area (Å²) in [5.74, 6) is 0.298. The van der Waals surface area contributed by atoms with Gasteiger partial charge < -0.3 is 10.6 Å². The maximum absolute atomic E-state index is 13.1. The predicted octanol–water partition coefficient (Wildman–Crippen LogP) is 4.23. The molecule has 0 spiro atoms. The van der Waals surface area contributed by atoms with Crippen molar-refractivity contribution in [3.8, 4) is 0 Å². The Morgan fingerprint density at radius 3 is 2.00 bits per heavy atom. The van der Waals surface area contributed by atoms with Crippen LogP contribution in [0.25, 0.3) is 0 Å². The summed E-state index contributed by atoms with van der Waals surface area (Å²) in [5, 5.41) is 3.99. The van der Waals surface area contributed by atoms with Crippen LogP contribution in [0.2, 0.25) is 0 Å². The molecule has 3 rings (SSSR count). The lowest BCUT2D eigenvalue weighted by Crippen LogP contribution is -2.31. The Kier molecular flexibility index (Phi) is 4.66. The van der Waals surface area contributed by atoms with Crippen molar-refractivity contribution in [2.24, 2.45) is 5.10 Å². The normalized spacial score (nSPS) is 14.9. The number of hydrazone groups is 1. The third-order valence-corrected chi connectivity index (χ3v) is 3.97. The summed E-state index contributed by atoms with van der Waals surface area (Å²) >= 11 is 0. The highest BCUT2D eigenvalue weighted by molar-refractivity contribution is 6.00. The van der Waals surface area contributed by atoms with Crippen molar-refractivity contribution < 1.29 is 26.3 Å². The van der Waals surface area contributed by atoms with Crippen LogP contribution in [0.1, 0.15) is 16.7 Å². The van der Waals surface area contributed by atoms with Gasteiger partial charge in [-0.05, 0) is 35.9 Å². The first-order chi connectivity index (χ1) is 12.5. The van der Waals surface area contributed by atoms with E-state index in [0.29, 0.717) is 23.7 Å². The fourth-order valence-electron chi connectivity index (χ4n) is 2.64. The molecule has 1 heterocycles. The first-order valence-corrected chi connectivity index (χ1v) is 7.75. The molecule has 1 aliphatic rings. The monoisotopic (exact) mass is 388 g/mol. The second-order valence-electron chi connectivity index (χ2n) is 5.95. The molecule has 0 radical (unpaired) electrons. The molecule has 1 aliphatic heterocycles. The molecule has 0 bridgehead atoms. The Morgan fingerprint density at radius 1 is 0.926 bits per heavy atom. The van der Waals surface area contributed by atoms with Crippen molar-refractivity contribution in [1.82, 2.24) is 5.43 Å². The van der Waals surface area contributed by atoms with Crippen LogP contribution in [0.3, 0.4) is 0 Å². The van der Waals surface area contributed by atoms with Crippen LogP contribution in [-0.4, -0.2) is 12.5 Å². The Hall–Kier alpha value is -2.91. The van der Waals surface area contributed by atoms with Crippen molar-refractivity contribution in [2.45, 2.75) is 18.8 Å². The van der Waals surface area contributed by atoms with Gasteiger partial charge >= 0.3 is 12.4 Å². The first-order valence-electron chi connectivity index (χ1n) is 7.75. The Morgan fingerprint density at radius 2 is 1.48 bits per heavy atom. The number of anilines is 2. The summed E-state index contributed by atoms with van der Waals surface area (Å²) < 4.78 is 78.4. The van der Waals surface area contributed by atoms with Crippen LogP contribution in [0.5, 0.6) is 0 Å². The number of rotatable bonds is 3. The Labute approximate surface area is 150 Å². The van der Waals surface area contributed by atoms with Gasteiger partial charge in [0.1, 0.15) is 12.5 Å². The number of alkyl halides is 6. The topological polar surface area (TPSA) is 53.6 Å². The molecule has 0 amide bonds. The summed E-state index contributed by atoms with van der Waals surface area (Å²) in [5.41, 5.74) is 6.52. The van der Waals surface area contributed by atoms with Gasteiger partial charge in [0.2, 0.25) is 0 Å². The number of hydrogen-bond acceptors (Lipinski definition) is 4. The molecule has 3 N–H and O–H groups in total. The quantitative estimate of drug-likeness (QED) is 0.611. The average Bonchev–Trinajstić information content (AvgIpc) is 3.03. The summed E-state index contributed by atoms with van der Waals surface area (Å²) in [6, 6.07) is 8.18. The zero-order chi connectivity index (χ0) is 19.8. The molecule has 0 aromatic heterocycles. The highest BCUT2D eigenvalue weighted by atomic mass is 19.4. The Balaban J connectivity index is 1.96. The van der Waals surface area contributed by atoms with Gasteiger partial charge in [-0.2, -0.15) is 31.4 Å². The molecule has 144 valence electrons. The molecule has 10 heteroatoms. The van der Waals surface area contributed by atoms with Crippen LogP contribution in [0, 0.1) is 0 Å². The second kappa shape index (κ2) is 6.67. The second-order valence-corrected chi connectivity index (χ2v) is 5.95. The van der Waals surface area contributed by atoms with E-state index in [1.165, 1.54) is 4.90 Å². The van der Waals surface area contributed by atoms with Crippen LogP contribution < -0.4 is 16.1 Å². The predicted molar refractivity (Wildman–Crippen MR) is 88.9 cm³/mol. The van der Waals surface area contributed by atoms with E-state index < -0.39 is 23.5 Å². The average molecular weight is 388 g/mol. The molecule has 27 heavy (non-hydrogen) atoms. The smallest absolute Gasteiger partial charge is 0.399 e. The number of hydrogen-bond donors (Lipinski definition) is 2. The molecule has 0 aliphatic carbocycles. The minimum absolute atomic E-state index is 0.0388. The fraction of sp³-hybridized carbons (Fsp3) is 0.235. The third-order valence-electron chi connectivity index (χ3n) is 3.97. The number of benzene rings is 2. The van der Waals surface area contributed by atoms with E-state index in [9.17, 15) is 26.3 Å². The Bertz CT molecular complexity index is 823. The molecule has 0 unspecified atom stereocenters. The molecular formula is C17H14F6N4. The number of nitrogens with zero attached hydrogens (tertiary/aromatic N) is 2. The van der Waals surface area contributed by atoms with E-state index in [-0.39, 0.29) is 24.8 Å². The third kappa shape index (κ3) is 4.26. The van der Waals surface area contributed by atoms with Crippen LogP contribution in [-0.2, 0) is 18.8 Å². The van der Waals surface area contributed by atoms with Crippen molar-refractivity contribution in [2.75, 3.05) is 17.3 Å². The van der Waals surface area contributed by atoms with Gasteiger partial charge in [-0.25, -0.2) is 0 Å². The number of nitrogens with one attached hydrogen (secondary N) is 1. The number of nitrogen functional groups attached to an aromatic ring is 1. The van der Waals surface area contributed by atoms with Crippen molar-refractivity contribution >= 4 is 17.2 Å². The number of halogens is 6. The minimum atomic E-state index is -4.91. The fourth-order valence-corrected chi connectivity index (χ4v) is 2.64. The largest absolute Gasteiger partial charge is 0.416 e. The van der Waals surface area contributed by atoms with Crippen molar-refractivity contribution in [3.63, 3.8) is 0 Å². The molecule has 4 nitrogen and oxygen atoms in total. The van der Waals surface area contributed by atoms with Crippen molar-refractivity contribution in [3.05, 3.63) is 59.2 Å². The van der Waals surface area contributed by atoms with E-state index in [0.717, 1.165) is 5.56 Å². The van der Waals surface area contributed by atoms with Crippen molar-refractivity contribution in [1.29, 1.82) is 0 Å². The molecule has 2 aromatic carbocycles. The van der Waals surface area contributed by atoms with Gasteiger partial charge in [0.05, 0.1) is 11.1 Å². The maximum Gasteiger partial charge on any atom is 0.416 e. The minimum Gasteiger partial charge on any atom is -0.399 e. The van der Waals surface area contributed by atoms with E-state index in [1.807, 2.05) is 0 Å². The van der Waals surface area contributed by atoms with E-state index in [4.69, 9.17) is 5.73 Å². The zero-order valence-electron chi connectivity index (χ0n) is 13.7. The highest BCUT2D eigenvalue weighted by Gasteiger charge is 2.38. The summed E-state index contributed by atoms with van der Waals surface area (Å²) in [6.07, 6.45) is -9.60.